The van der Waals surface area contributed by atoms with Gasteiger partial charge in [0.2, 0.25) is 0 Å². The number of rotatable bonds is 8. The van der Waals surface area contributed by atoms with E-state index in [0.29, 0.717) is 18.6 Å². The molecule has 0 unspecified atom stereocenters. The Balaban J connectivity index is 0.00000364. The maximum Gasteiger partial charge on any atom is 0.191 e. The highest BCUT2D eigenvalue weighted by Gasteiger charge is 2.12. The number of aliphatic imine (C=N–C) groups is 1. The second kappa shape index (κ2) is 11.5. The van der Waals surface area contributed by atoms with Crippen molar-refractivity contribution in [2.24, 2.45) is 4.99 Å². The van der Waals surface area contributed by atoms with E-state index in [4.69, 9.17) is 4.99 Å². The van der Waals surface area contributed by atoms with Gasteiger partial charge < -0.3 is 15.0 Å². The van der Waals surface area contributed by atoms with Gasteiger partial charge in [0.05, 0.1) is 12.2 Å². The lowest BCUT2D eigenvalue weighted by atomic mass is 10.2. The maximum absolute atomic E-state index is 4.70. The molecule has 2 heterocycles. The second-order valence-electron chi connectivity index (χ2n) is 7.17. The molecule has 2 aromatic heterocycles. The monoisotopic (exact) mass is 486 g/mol. The number of hydrogen-bond donors (Lipinski definition) is 2. The molecule has 2 N–H and O–H groups in total. The third-order valence-electron chi connectivity index (χ3n) is 4.48. The number of imidazole rings is 1. The summed E-state index contributed by atoms with van der Waals surface area (Å²) < 4.78 is 2.11. The van der Waals surface area contributed by atoms with Crippen LogP contribution in [0, 0.1) is 6.92 Å². The van der Waals surface area contributed by atoms with Crippen LogP contribution >= 0.6 is 24.0 Å². The number of fused-ring (bicyclic) bond motifs is 1. The third-order valence-corrected chi connectivity index (χ3v) is 4.48. The highest BCUT2D eigenvalue weighted by Crippen LogP contribution is 2.09. The second-order valence-corrected chi connectivity index (χ2v) is 7.17. The van der Waals surface area contributed by atoms with E-state index in [1.165, 1.54) is 5.69 Å². The summed E-state index contributed by atoms with van der Waals surface area (Å²) in [5, 5.41) is 6.75. The lowest BCUT2D eigenvalue weighted by Crippen LogP contribution is -2.45. The molecule has 0 aliphatic heterocycles. The van der Waals surface area contributed by atoms with Crippen molar-refractivity contribution in [1.29, 1.82) is 0 Å². The molecule has 2 rings (SSSR count). The SMILES string of the molecule is CCNC(=NCc1cn2c(C)cccc2n1)NCCN(C(C)C)C(C)C.I. The smallest absolute Gasteiger partial charge is 0.191 e. The zero-order valence-electron chi connectivity index (χ0n) is 17.5. The minimum Gasteiger partial charge on any atom is -0.357 e. The molecule has 0 amide bonds. The van der Waals surface area contributed by atoms with Crippen LogP contribution in [-0.2, 0) is 6.54 Å². The fraction of sp³-hybridized carbons (Fsp3) is 0.600. The maximum atomic E-state index is 4.70. The minimum absolute atomic E-state index is 0. The predicted octanol–water partition coefficient (Wildman–Crippen LogP) is 3.43. The summed E-state index contributed by atoms with van der Waals surface area (Å²) in [6.45, 7) is 16.4. The van der Waals surface area contributed by atoms with Gasteiger partial charge in [0.25, 0.3) is 0 Å². The van der Waals surface area contributed by atoms with E-state index in [0.717, 1.165) is 36.9 Å². The molecular weight excluding hydrogens is 451 g/mol. The van der Waals surface area contributed by atoms with Gasteiger partial charge in [-0.25, -0.2) is 9.98 Å². The molecule has 0 bridgehead atoms. The average molecular weight is 486 g/mol. The number of nitrogens with one attached hydrogen (secondary N) is 2. The van der Waals surface area contributed by atoms with Crippen LogP contribution in [0.25, 0.3) is 5.65 Å². The van der Waals surface area contributed by atoms with E-state index in [9.17, 15) is 0 Å². The summed E-state index contributed by atoms with van der Waals surface area (Å²) in [7, 11) is 0. The molecule has 27 heavy (non-hydrogen) atoms. The van der Waals surface area contributed by atoms with Crippen molar-refractivity contribution in [3.05, 3.63) is 35.8 Å². The number of hydrogen-bond acceptors (Lipinski definition) is 3. The Morgan fingerprint density at radius 1 is 1.19 bits per heavy atom. The van der Waals surface area contributed by atoms with Crippen molar-refractivity contribution in [1.82, 2.24) is 24.9 Å². The standard InChI is InChI=1S/C20H34N6.HI/c1-7-21-20(22-11-12-25(15(2)3)16(4)5)23-13-18-14-26-17(6)9-8-10-19(26)24-18;/h8-10,14-16H,7,11-13H2,1-6H3,(H2,21,22,23);1H. The number of nitrogens with zero attached hydrogens (tertiary/aromatic N) is 4. The van der Waals surface area contributed by atoms with Gasteiger partial charge >= 0.3 is 0 Å². The molecule has 6 nitrogen and oxygen atoms in total. The van der Waals surface area contributed by atoms with Gasteiger partial charge in [0.1, 0.15) is 5.65 Å². The molecule has 0 aliphatic rings. The van der Waals surface area contributed by atoms with Crippen molar-refractivity contribution < 1.29 is 0 Å². The molecule has 0 radical (unpaired) electrons. The van der Waals surface area contributed by atoms with E-state index in [-0.39, 0.29) is 24.0 Å². The normalized spacial score (nSPS) is 12.1. The lowest BCUT2D eigenvalue weighted by Gasteiger charge is -2.30. The predicted molar refractivity (Wildman–Crippen MR) is 125 cm³/mol. The Labute approximate surface area is 180 Å². The van der Waals surface area contributed by atoms with Gasteiger partial charge in [-0.2, -0.15) is 0 Å². The largest absolute Gasteiger partial charge is 0.357 e. The van der Waals surface area contributed by atoms with Crippen LogP contribution in [0.2, 0.25) is 0 Å². The van der Waals surface area contributed by atoms with Crippen molar-refractivity contribution in [3.8, 4) is 0 Å². The van der Waals surface area contributed by atoms with E-state index in [1.807, 2.05) is 12.1 Å². The molecule has 0 saturated carbocycles. The first-order valence-corrected chi connectivity index (χ1v) is 9.63. The first kappa shape index (κ1) is 23.7. The summed E-state index contributed by atoms with van der Waals surface area (Å²) >= 11 is 0. The van der Waals surface area contributed by atoms with Crippen molar-refractivity contribution in [3.63, 3.8) is 0 Å². The van der Waals surface area contributed by atoms with E-state index >= 15 is 0 Å². The minimum atomic E-state index is 0. The van der Waals surface area contributed by atoms with Gasteiger partial charge in [-0.05, 0) is 53.7 Å². The molecular formula is C20H35IN6. The molecule has 0 fully saturated rings. The van der Waals surface area contributed by atoms with E-state index in [2.05, 4.69) is 78.7 Å². The number of pyridine rings is 1. The Morgan fingerprint density at radius 3 is 2.48 bits per heavy atom. The molecule has 7 heteroatoms. The zero-order chi connectivity index (χ0) is 19.1. The Hall–Kier alpha value is -1.35. The number of aromatic nitrogens is 2. The van der Waals surface area contributed by atoms with E-state index in [1.54, 1.807) is 0 Å². The Bertz CT molecular complexity index is 714. The number of aryl methyl sites for hydroxylation is 1. The highest BCUT2D eigenvalue weighted by atomic mass is 127. The summed E-state index contributed by atoms with van der Waals surface area (Å²) in [5.74, 6) is 0.841. The van der Waals surface area contributed by atoms with Crippen molar-refractivity contribution in [2.45, 2.75) is 60.2 Å². The first-order valence-electron chi connectivity index (χ1n) is 9.63. The fourth-order valence-corrected chi connectivity index (χ4v) is 3.19. The van der Waals surface area contributed by atoms with Crippen molar-refractivity contribution in [2.75, 3.05) is 19.6 Å². The summed E-state index contributed by atoms with van der Waals surface area (Å²) in [4.78, 5) is 11.8. The van der Waals surface area contributed by atoms with Gasteiger partial charge in [-0.1, -0.05) is 6.07 Å². The highest BCUT2D eigenvalue weighted by molar-refractivity contribution is 14.0. The summed E-state index contributed by atoms with van der Waals surface area (Å²) in [6, 6.07) is 7.22. The molecule has 2 aromatic rings. The van der Waals surface area contributed by atoms with Crippen LogP contribution in [0.15, 0.2) is 29.4 Å². The van der Waals surface area contributed by atoms with Gasteiger partial charge in [-0.15, -0.1) is 24.0 Å². The van der Waals surface area contributed by atoms with Crippen LogP contribution in [0.3, 0.4) is 0 Å². The van der Waals surface area contributed by atoms with Gasteiger partial charge in [0.15, 0.2) is 5.96 Å². The van der Waals surface area contributed by atoms with E-state index < -0.39 is 0 Å². The van der Waals surface area contributed by atoms with Crippen LogP contribution < -0.4 is 10.6 Å². The average Bonchev–Trinajstić information content (AvgIpc) is 3.00. The van der Waals surface area contributed by atoms with Crippen LogP contribution in [0.4, 0.5) is 0 Å². The molecule has 0 aromatic carbocycles. The Morgan fingerprint density at radius 2 is 1.89 bits per heavy atom. The topological polar surface area (TPSA) is 57.0 Å². The van der Waals surface area contributed by atoms with Gasteiger partial charge in [-0.3, -0.25) is 4.90 Å². The zero-order valence-corrected chi connectivity index (χ0v) is 19.8. The lowest BCUT2D eigenvalue weighted by molar-refractivity contribution is 0.178. The number of guanidine groups is 1. The fourth-order valence-electron chi connectivity index (χ4n) is 3.19. The van der Waals surface area contributed by atoms with Crippen LogP contribution in [-0.4, -0.2) is 52.0 Å². The van der Waals surface area contributed by atoms with Crippen molar-refractivity contribution >= 4 is 35.6 Å². The van der Waals surface area contributed by atoms with Crippen LogP contribution in [0.1, 0.15) is 46.0 Å². The van der Waals surface area contributed by atoms with Crippen LogP contribution in [0.5, 0.6) is 0 Å². The molecule has 0 saturated heterocycles. The number of halogens is 1. The molecule has 152 valence electrons. The third kappa shape index (κ3) is 6.95. The molecule has 0 spiro atoms. The molecule has 0 aliphatic carbocycles. The molecule has 0 atom stereocenters. The summed E-state index contributed by atoms with van der Waals surface area (Å²) in [5.41, 5.74) is 3.12. The Kier molecular flexibility index (Phi) is 10.1. The quantitative estimate of drug-likeness (QED) is 0.341. The first-order chi connectivity index (χ1) is 12.4. The summed E-state index contributed by atoms with van der Waals surface area (Å²) in [6.07, 6.45) is 2.07. The van der Waals surface area contributed by atoms with Gasteiger partial charge in [0, 0.05) is 43.6 Å².